The first kappa shape index (κ1) is 63.8. The van der Waals surface area contributed by atoms with Gasteiger partial charge in [-0.15, -0.1) is 0 Å². The van der Waals surface area contributed by atoms with Crippen LogP contribution in [0.25, 0.3) is 0 Å². The van der Waals surface area contributed by atoms with Crippen LogP contribution in [-0.4, -0.2) is 140 Å². The van der Waals surface area contributed by atoms with Crippen molar-refractivity contribution in [2.45, 2.75) is 267 Å². The lowest BCUT2D eigenvalue weighted by molar-refractivity contribution is -0.359. The second-order valence-corrected chi connectivity index (χ2v) is 19.3. The third-order valence-electron chi connectivity index (χ3n) is 13.2. The van der Waals surface area contributed by atoms with Crippen LogP contribution in [0.5, 0.6) is 0 Å². The van der Waals surface area contributed by atoms with Crippen LogP contribution in [0.1, 0.15) is 194 Å². The summed E-state index contributed by atoms with van der Waals surface area (Å²) < 4.78 is 22.7. The summed E-state index contributed by atoms with van der Waals surface area (Å²) in [7, 11) is 0. The Balaban J connectivity index is 1.83. The topological polar surface area (TPSA) is 228 Å². The van der Waals surface area contributed by atoms with Gasteiger partial charge in [-0.2, -0.15) is 0 Å². The minimum Gasteiger partial charge on any atom is -0.394 e. The molecule has 14 heteroatoms. The van der Waals surface area contributed by atoms with Gasteiger partial charge in [0.2, 0.25) is 5.91 Å². The zero-order valence-electron chi connectivity index (χ0n) is 43.2. The Hall–Kier alpha value is -2.31. The van der Waals surface area contributed by atoms with Crippen molar-refractivity contribution in [1.82, 2.24) is 5.32 Å². The van der Waals surface area contributed by atoms with Crippen LogP contribution >= 0.6 is 0 Å². The first-order valence-corrected chi connectivity index (χ1v) is 27.5. The molecule has 9 N–H and O–H groups in total. The van der Waals surface area contributed by atoms with E-state index in [2.05, 4.69) is 67.8 Å². The predicted molar refractivity (Wildman–Crippen MR) is 277 cm³/mol. The highest BCUT2D eigenvalue weighted by Crippen LogP contribution is 2.30. The normalized spacial score (nSPS) is 26.4. The van der Waals surface area contributed by atoms with E-state index in [4.69, 9.17) is 18.9 Å². The quantitative estimate of drug-likeness (QED) is 0.0208. The van der Waals surface area contributed by atoms with Gasteiger partial charge in [0, 0.05) is 6.42 Å². The van der Waals surface area contributed by atoms with Crippen molar-refractivity contribution < 1.29 is 64.6 Å². The third kappa shape index (κ3) is 28.2. The Kier molecular flexibility index (Phi) is 38.4. The Morgan fingerprint density at radius 1 is 0.529 bits per heavy atom. The number of amides is 1. The van der Waals surface area contributed by atoms with E-state index in [0.717, 1.165) is 83.5 Å². The van der Waals surface area contributed by atoms with Crippen LogP contribution in [0, 0.1) is 0 Å². The molecule has 406 valence electrons. The van der Waals surface area contributed by atoms with Crippen LogP contribution in [0.2, 0.25) is 0 Å². The lowest BCUT2D eigenvalue weighted by Gasteiger charge is -2.46. The summed E-state index contributed by atoms with van der Waals surface area (Å²) in [4.78, 5) is 13.2. The van der Waals surface area contributed by atoms with Gasteiger partial charge in [0.15, 0.2) is 12.6 Å². The minimum atomic E-state index is -1.79. The molecule has 14 nitrogen and oxygen atoms in total. The molecule has 2 fully saturated rings. The smallest absolute Gasteiger partial charge is 0.220 e. The van der Waals surface area contributed by atoms with Gasteiger partial charge >= 0.3 is 0 Å². The maximum Gasteiger partial charge on any atom is 0.220 e. The number of hydrogen-bond acceptors (Lipinski definition) is 13. The first-order chi connectivity index (χ1) is 34.1. The number of unbranched alkanes of at least 4 members (excludes halogenated alkanes) is 21. The van der Waals surface area contributed by atoms with Gasteiger partial charge in [-0.25, -0.2) is 0 Å². The number of hydrogen-bond donors (Lipinski definition) is 9. The number of carbonyl (C=O) groups is 1. The van der Waals surface area contributed by atoms with Crippen LogP contribution in [0.3, 0.4) is 0 Å². The van der Waals surface area contributed by atoms with Gasteiger partial charge in [0.05, 0.1) is 32.0 Å². The van der Waals surface area contributed by atoms with Gasteiger partial charge in [-0.3, -0.25) is 4.79 Å². The zero-order chi connectivity index (χ0) is 51.0. The molecule has 0 aliphatic carbocycles. The Labute approximate surface area is 422 Å². The molecule has 0 bridgehead atoms. The number of rotatable bonds is 42. The summed E-state index contributed by atoms with van der Waals surface area (Å²) in [5, 5.41) is 86.9. The van der Waals surface area contributed by atoms with Crippen LogP contribution in [0.15, 0.2) is 60.8 Å². The van der Waals surface area contributed by atoms with Crippen molar-refractivity contribution in [2.75, 3.05) is 19.8 Å². The fourth-order valence-electron chi connectivity index (χ4n) is 8.75. The molecule has 0 saturated carbocycles. The van der Waals surface area contributed by atoms with Gasteiger partial charge in [0.1, 0.15) is 48.8 Å². The Morgan fingerprint density at radius 2 is 0.986 bits per heavy atom. The highest BCUT2D eigenvalue weighted by molar-refractivity contribution is 5.76. The fourth-order valence-corrected chi connectivity index (χ4v) is 8.75. The van der Waals surface area contributed by atoms with E-state index in [1.165, 1.54) is 83.5 Å². The van der Waals surface area contributed by atoms with E-state index in [0.29, 0.717) is 6.42 Å². The molecule has 2 aliphatic heterocycles. The first-order valence-electron chi connectivity index (χ1n) is 27.5. The van der Waals surface area contributed by atoms with Crippen molar-refractivity contribution in [3.05, 3.63) is 60.8 Å². The Morgan fingerprint density at radius 3 is 1.51 bits per heavy atom. The largest absolute Gasteiger partial charge is 0.394 e. The minimum absolute atomic E-state index is 0.255. The van der Waals surface area contributed by atoms with Crippen molar-refractivity contribution >= 4 is 5.91 Å². The molecule has 70 heavy (non-hydrogen) atoms. The average Bonchev–Trinajstić information content (AvgIpc) is 3.36. The predicted octanol–water partition coefficient (Wildman–Crippen LogP) is 8.22. The number of aliphatic hydroxyl groups excluding tert-OH is 8. The molecule has 2 saturated heterocycles. The number of ether oxygens (including phenoxy) is 4. The van der Waals surface area contributed by atoms with E-state index in [1.54, 1.807) is 6.08 Å². The molecular formula is C56H99NO13. The van der Waals surface area contributed by atoms with Crippen LogP contribution in [0.4, 0.5) is 0 Å². The van der Waals surface area contributed by atoms with Gasteiger partial charge in [-0.05, 0) is 57.8 Å². The lowest BCUT2D eigenvalue weighted by Crippen LogP contribution is -2.65. The van der Waals surface area contributed by atoms with Crippen molar-refractivity contribution in [3.63, 3.8) is 0 Å². The lowest BCUT2D eigenvalue weighted by atomic mass is 9.97. The molecule has 0 spiro atoms. The third-order valence-corrected chi connectivity index (χ3v) is 13.2. The number of aliphatic hydroxyl groups is 8. The van der Waals surface area contributed by atoms with E-state index in [1.807, 2.05) is 6.08 Å². The highest BCUT2D eigenvalue weighted by Gasteiger charge is 2.51. The maximum atomic E-state index is 13.2. The monoisotopic (exact) mass is 994 g/mol. The van der Waals surface area contributed by atoms with Gasteiger partial charge < -0.3 is 65.1 Å². The van der Waals surface area contributed by atoms with E-state index >= 15 is 0 Å². The Bertz CT molecular complexity index is 1410. The van der Waals surface area contributed by atoms with Crippen molar-refractivity contribution in [2.24, 2.45) is 0 Å². The molecule has 0 aromatic rings. The van der Waals surface area contributed by atoms with Crippen molar-refractivity contribution in [3.8, 4) is 0 Å². The van der Waals surface area contributed by atoms with Crippen LogP contribution < -0.4 is 5.32 Å². The summed E-state index contributed by atoms with van der Waals surface area (Å²) in [5.74, 6) is -0.255. The standard InChI is InChI=1S/C56H99NO13/c1-3-5-7-9-11-13-15-17-19-21-22-24-26-28-30-32-34-36-38-40-48(61)57-44(45(60)39-37-35-33-31-29-27-25-23-20-18-16-14-12-10-8-6-4-2)43-67-55-53(66)51(64)54(47(42-59)69-55)70-56-52(65)50(63)49(62)46(41-58)68-56/h5,7,11,13,17,19,22,24,37,39,44-47,49-56,58-60,62-66H,3-4,6,8-10,12,14-16,18,20-21,23,25-36,38,40-43H2,1-2H3,(H,57,61)/b7-5-,13-11-,19-17-,24-22-,39-37+. The van der Waals surface area contributed by atoms with Crippen LogP contribution in [-0.2, 0) is 23.7 Å². The molecule has 12 unspecified atom stereocenters. The van der Waals surface area contributed by atoms with Gasteiger partial charge in [-0.1, -0.05) is 190 Å². The molecule has 2 heterocycles. The summed E-state index contributed by atoms with van der Waals surface area (Å²) in [6.45, 7) is 2.66. The molecule has 0 radical (unpaired) electrons. The fraction of sp³-hybridized carbons (Fsp3) is 0.804. The van der Waals surface area contributed by atoms with Gasteiger partial charge in [0.25, 0.3) is 0 Å². The molecule has 1 amide bonds. The summed E-state index contributed by atoms with van der Waals surface area (Å²) in [6.07, 6.45) is 35.3. The molecular weight excluding hydrogens is 895 g/mol. The molecule has 2 aliphatic rings. The SMILES string of the molecule is CC/C=C\C/C=C\C/C=C\C/C=C\CCCCCCCCC(=O)NC(COC1OC(CO)C(OC2OC(CO)C(O)C(O)C2O)C(O)C1O)C(O)/C=C/CCCCCCCCCCCCCCCCC. The maximum absolute atomic E-state index is 13.2. The van der Waals surface area contributed by atoms with E-state index in [-0.39, 0.29) is 18.9 Å². The molecule has 2 rings (SSSR count). The summed E-state index contributed by atoms with van der Waals surface area (Å²) in [5.41, 5.74) is 0. The second kappa shape index (κ2) is 42.1. The van der Waals surface area contributed by atoms with E-state index in [9.17, 15) is 45.6 Å². The number of nitrogens with one attached hydrogen (secondary N) is 1. The number of allylic oxidation sites excluding steroid dienone is 9. The molecule has 0 aromatic heterocycles. The second-order valence-electron chi connectivity index (χ2n) is 19.3. The van der Waals surface area contributed by atoms with E-state index < -0.39 is 86.8 Å². The van der Waals surface area contributed by atoms with Crippen molar-refractivity contribution in [1.29, 1.82) is 0 Å². The summed E-state index contributed by atoms with van der Waals surface area (Å²) >= 11 is 0. The average molecular weight is 994 g/mol. The molecule has 12 atom stereocenters. The summed E-state index contributed by atoms with van der Waals surface area (Å²) in [6, 6.07) is -0.924. The highest BCUT2D eigenvalue weighted by atomic mass is 16.7. The number of carbonyl (C=O) groups excluding carboxylic acids is 1. The zero-order valence-corrected chi connectivity index (χ0v) is 43.2. The molecule has 0 aromatic carbocycles.